The molecule has 0 radical (unpaired) electrons. The highest BCUT2D eigenvalue weighted by Gasteiger charge is 2.26. The molecule has 0 rings (SSSR count). The second-order valence-electron chi connectivity index (χ2n) is 13.9. The summed E-state index contributed by atoms with van der Waals surface area (Å²) in [6.45, 7) is 2.39. The predicted molar refractivity (Wildman–Crippen MR) is 217 cm³/mol. The molecule has 0 aromatic rings. The first kappa shape index (κ1) is 54.9. The van der Waals surface area contributed by atoms with Crippen LogP contribution in [0.1, 0.15) is 59.3 Å². The summed E-state index contributed by atoms with van der Waals surface area (Å²) in [4.78, 5) is 105. The van der Waals surface area contributed by atoms with E-state index in [0.717, 1.165) is 7.11 Å². The third kappa shape index (κ3) is 28.9. The Balaban J connectivity index is 5.83. The molecule has 0 aromatic heterocycles. The topological polar surface area (TPSA) is 503 Å². The Labute approximate surface area is 357 Å². The molecule has 0 bridgehead atoms. The van der Waals surface area contributed by atoms with Gasteiger partial charge in [0.25, 0.3) is 0 Å². The molecule has 6 atom stereocenters. The van der Waals surface area contributed by atoms with Crippen molar-refractivity contribution >= 4 is 41.6 Å². The highest BCUT2D eigenvalue weighted by Crippen LogP contribution is 2.09. The molecule has 0 spiro atoms. The highest BCUT2D eigenvalue weighted by atomic mass is 16.6. The van der Waals surface area contributed by atoms with Crippen molar-refractivity contribution in [1.82, 2.24) is 31.9 Å². The Kier molecular flexibility index (Phi) is 27.8. The van der Waals surface area contributed by atoms with Gasteiger partial charge in [-0.25, -0.2) is 4.79 Å². The molecule has 0 fully saturated rings. The molecule has 6 amide bonds. The second-order valence-corrected chi connectivity index (χ2v) is 13.9. The van der Waals surface area contributed by atoms with Gasteiger partial charge >= 0.3 is 12.1 Å². The summed E-state index contributed by atoms with van der Waals surface area (Å²) in [5.74, 6) is -4.66. The minimum absolute atomic E-state index is 0.310. The molecular weight excluding hydrogens is 840 g/mol. The van der Waals surface area contributed by atoms with Crippen LogP contribution in [0, 0.1) is 0 Å². The number of carbonyl (C=O) groups excluding carboxylic acids is 7. The Hall–Kier alpha value is -8.05. The summed E-state index contributed by atoms with van der Waals surface area (Å²) in [7, 11) is 1.11. The molecule has 0 saturated carbocycles. The lowest BCUT2D eigenvalue weighted by atomic mass is 10.1. The Morgan fingerprint density at radius 2 is 0.651 bits per heavy atom. The van der Waals surface area contributed by atoms with Gasteiger partial charge in [0.2, 0.25) is 29.5 Å². The van der Waals surface area contributed by atoms with Crippen LogP contribution in [-0.2, 0) is 38.2 Å². The highest BCUT2D eigenvalue weighted by molar-refractivity contribution is 5.83. The van der Waals surface area contributed by atoms with Crippen LogP contribution in [0.25, 0.3) is 62.7 Å². The lowest BCUT2D eigenvalue weighted by molar-refractivity contribution is -0.141. The molecule has 0 aliphatic rings. The van der Waals surface area contributed by atoms with Crippen LogP contribution < -0.4 is 31.9 Å². The number of azide groups is 6. The fourth-order valence-electron chi connectivity index (χ4n) is 5.09. The molecule has 33 heteroatoms. The van der Waals surface area contributed by atoms with E-state index in [0.29, 0.717) is 0 Å². The molecule has 0 aromatic carbocycles. The van der Waals surface area contributed by atoms with Crippen LogP contribution in [0.15, 0.2) is 30.7 Å². The van der Waals surface area contributed by atoms with Crippen LogP contribution in [0.2, 0.25) is 0 Å². The predicted octanol–water partition coefficient (Wildman–Crippen LogP) is 2.68. The van der Waals surface area contributed by atoms with Gasteiger partial charge in [0.05, 0.1) is 13.5 Å². The smallest absolute Gasteiger partial charge is 0.407 e. The van der Waals surface area contributed by atoms with Gasteiger partial charge in [-0.15, -0.1) is 0 Å². The molecular formula is C30H48N24O9. The van der Waals surface area contributed by atoms with E-state index >= 15 is 0 Å². The van der Waals surface area contributed by atoms with Gasteiger partial charge in [-0.2, -0.15) is 0 Å². The van der Waals surface area contributed by atoms with Gasteiger partial charge in [0.15, 0.2) is 0 Å². The summed E-state index contributed by atoms with van der Waals surface area (Å²) in [6.07, 6.45) is -3.83. The van der Waals surface area contributed by atoms with Gasteiger partial charge < -0.3 is 41.4 Å². The number of nitrogens with zero attached hydrogens (tertiary/aromatic N) is 18. The zero-order valence-electron chi connectivity index (χ0n) is 34.7. The lowest BCUT2D eigenvalue weighted by Gasteiger charge is -2.24. The second kappa shape index (κ2) is 31.8. The summed E-state index contributed by atoms with van der Waals surface area (Å²) < 4.78 is 9.73. The molecule has 63 heavy (non-hydrogen) atoms. The average Bonchev–Trinajstić information content (AvgIpc) is 3.20. The maximum absolute atomic E-state index is 13.2. The van der Waals surface area contributed by atoms with E-state index in [4.69, 9.17) is 37.9 Å². The van der Waals surface area contributed by atoms with Gasteiger partial charge in [-0.1, -0.05) is 30.7 Å². The quantitative estimate of drug-likeness (QED) is 0.0267. The number of esters is 1. The fourth-order valence-corrected chi connectivity index (χ4v) is 5.09. The van der Waals surface area contributed by atoms with E-state index in [9.17, 15) is 33.6 Å². The van der Waals surface area contributed by atoms with Crippen LogP contribution in [0.3, 0.4) is 0 Å². The van der Waals surface area contributed by atoms with Gasteiger partial charge in [0, 0.05) is 137 Å². The van der Waals surface area contributed by atoms with E-state index in [2.05, 4.69) is 96.8 Å². The first-order valence-electron chi connectivity index (χ1n) is 18.5. The van der Waals surface area contributed by atoms with Gasteiger partial charge in [-0.05, 0) is 54.0 Å². The number of rotatable bonds is 30. The SMILES string of the molecule is COC(=O)C[C@@H](CN=[N+]=[N-])NC(=O)C[C@@H](CN=[N+]=[N-])NC(=O)C[C@@H](CN=[N+]=[N-])NC(=O)C[C@@H](CN=[N+]=[N-])NC(=O)C[C@@H](CN=[N+]=[N-])NC(=O)C[C@@H](CN=[N+]=[N-])NC(=O)OC(C)(C)C. The summed E-state index contributed by atoms with van der Waals surface area (Å²) in [6, 6.07) is -6.62. The maximum atomic E-state index is 13.2. The van der Waals surface area contributed by atoms with E-state index in [-0.39, 0.29) is 19.5 Å². The zero-order chi connectivity index (χ0) is 47.6. The van der Waals surface area contributed by atoms with Crippen molar-refractivity contribution in [3.05, 3.63) is 62.7 Å². The number of alkyl carbamates (subject to hydrolysis) is 1. The van der Waals surface area contributed by atoms with Gasteiger partial charge in [0.1, 0.15) is 5.60 Å². The Bertz CT molecular complexity index is 1890. The molecule has 0 aliphatic heterocycles. The van der Waals surface area contributed by atoms with E-state index < -0.39 is 142 Å². The summed E-state index contributed by atoms with van der Waals surface area (Å²) in [5, 5.41) is 35.0. The normalized spacial score (nSPS) is 13.0. The number of hydrogen-bond donors (Lipinski definition) is 6. The third-order valence-corrected chi connectivity index (χ3v) is 7.54. The minimum Gasteiger partial charge on any atom is -0.469 e. The molecule has 0 heterocycles. The number of hydrogen-bond acceptors (Lipinski definition) is 15. The minimum atomic E-state index is -1.18. The molecule has 0 aliphatic carbocycles. The van der Waals surface area contributed by atoms with Crippen molar-refractivity contribution in [1.29, 1.82) is 0 Å². The Morgan fingerprint density at radius 1 is 0.429 bits per heavy atom. The van der Waals surface area contributed by atoms with E-state index in [1.165, 1.54) is 0 Å². The van der Waals surface area contributed by atoms with Crippen LogP contribution in [0.5, 0.6) is 0 Å². The van der Waals surface area contributed by atoms with Crippen LogP contribution in [0.4, 0.5) is 4.79 Å². The number of nitrogens with one attached hydrogen (secondary N) is 6. The van der Waals surface area contributed by atoms with E-state index in [1.54, 1.807) is 20.8 Å². The zero-order valence-corrected chi connectivity index (χ0v) is 34.7. The first-order chi connectivity index (χ1) is 29.9. The van der Waals surface area contributed by atoms with Crippen LogP contribution >= 0.6 is 0 Å². The summed E-state index contributed by atoms with van der Waals surface area (Å²) >= 11 is 0. The monoisotopic (exact) mass is 888 g/mol. The maximum Gasteiger partial charge on any atom is 0.407 e. The van der Waals surface area contributed by atoms with Crippen molar-refractivity contribution in [2.75, 3.05) is 46.4 Å². The fraction of sp³-hybridized carbons (Fsp3) is 0.767. The first-order valence-corrected chi connectivity index (χ1v) is 18.5. The van der Waals surface area contributed by atoms with Crippen molar-refractivity contribution < 1.29 is 43.0 Å². The number of amides is 6. The Morgan fingerprint density at radius 3 is 0.857 bits per heavy atom. The van der Waals surface area contributed by atoms with E-state index in [1.807, 2.05) is 0 Å². The standard InChI is InChI=1S/C30H48N24O9/c1-30(2,3)63-29(61)48-21(15-41-53-35)9-27(59)46-19(13-39-51-33)7-25(57)44-17(11-37-49-31)5-23(55)43-18(12-38-50-32)6-24(56)45-20(14-40-52-34)8-26(58)47-22(16-42-54-36)10-28(60)62-4/h17-22H,5-16H2,1-4H3,(H,43,55)(H,44,57)(H,45,56)(H,46,59)(H,47,58)(H,48,61)/t17-,18-,19-,20-,21-,22-/m0/s1. The lowest BCUT2D eigenvalue weighted by Crippen LogP contribution is -2.49. The number of ether oxygens (including phenoxy) is 2. The van der Waals surface area contributed by atoms with Crippen molar-refractivity contribution in [3.63, 3.8) is 0 Å². The molecule has 0 saturated heterocycles. The van der Waals surface area contributed by atoms with Crippen LogP contribution in [-0.4, -0.2) is 130 Å². The molecule has 342 valence electrons. The molecule has 0 unspecified atom stereocenters. The summed E-state index contributed by atoms with van der Waals surface area (Å²) in [5.41, 5.74) is 52.0. The largest absolute Gasteiger partial charge is 0.469 e. The molecule has 6 N–H and O–H groups in total. The van der Waals surface area contributed by atoms with Crippen molar-refractivity contribution in [2.24, 2.45) is 30.7 Å². The van der Waals surface area contributed by atoms with Crippen molar-refractivity contribution in [3.8, 4) is 0 Å². The van der Waals surface area contributed by atoms with Gasteiger partial charge in [-0.3, -0.25) is 28.8 Å². The number of carbonyl (C=O) groups is 7. The van der Waals surface area contributed by atoms with Crippen molar-refractivity contribution in [2.45, 2.75) is 101 Å². The third-order valence-electron chi connectivity index (χ3n) is 7.54. The average molecular weight is 889 g/mol. The number of methoxy groups -OCH3 is 1. The molecule has 33 nitrogen and oxygen atoms in total.